The molecule has 0 bridgehead atoms. The predicted octanol–water partition coefficient (Wildman–Crippen LogP) is 4.76. The van der Waals surface area contributed by atoms with Crippen LogP contribution >= 0.6 is 11.6 Å². The van der Waals surface area contributed by atoms with Crippen molar-refractivity contribution in [1.82, 2.24) is 4.98 Å². The Bertz CT molecular complexity index is 1530. The van der Waals surface area contributed by atoms with E-state index in [-0.39, 0.29) is 32.6 Å². The molecule has 174 valence electrons. The van der Waals surface area contributed by atoms with Crippen LogP contribution in [0.25, 0.3) is 10.9 Å². The molecule has 3 aromatic carbocycles. The van der Waals surface area contributed by atoms with E-state index in [1.165, 1.54) is 31.4 Å². The van der Waals surface area contributed by atoms with Gasteiger partial charge in [0.1, 0.15) is 10.6 Å². The second-order valence-electron chi connectivity index (χ2n) is 7.40. The number of aromatic amines is 1. The number of para-hydroxylation sites is 2. The van der Waals surface area contributed by atoms with Crippen molar-refractivity contribution in [3.63, 3.8) is 0 Å². The van der Waals surface area contributed by atoms with Gasteiger partial charge >= 0.3 is 0 Å². The standard InChI is InChI=1S/C24H20ClN3O5S/c1-14-22(16-7-3-5-9-18(16)26-14)23(29)24(30)27-15-11-12-20(33-2)21(13-15)34(31,32)28-19-10-6-4-8-17(19)25/h3-13,26,28H,1-2H3,(H,27,30). The third-order valence-corrected chi connectivity index (χ3v) is 6.87. The predicted molar refractivity (Wildman–Crippen MR) is 131 cm³/mol. The molecular formula is C24H20ClN3O5S. The Morgan fingerprint density at radius 1 is 1.00 bits per heavy atom. The van der Waals surface area contributed by atoms with Crippen molar-refractivity contribution in [3.05, 3.63) is 83.0 Å². The Labute approximate surface area is 200 Å². The minimum absolute atomic E-state index is 0.0522. The summed E-state index contributed by atoms with van der Waals surface area (Å²) >= 11 is 6.07. The van der Waals surface area contributed by atoms with Crippen LogP contribution in [-0.4, -0.2) is 32.2 Å². The van der Waals surface area contributed by atoms with Crippen LogP contribution in [0.4, 0.5) is 11.4 Å². The van der Waals surface area contributed by atoms with Gasteiger partial charge in [0.05, 0.1) is 23.4 Å². The van der Waals surface area contributed by atoms with Crippen LogP contribution < -0.4 is 14.8 Å². The van der Waals surface area contributed by atoms with E-state index in [2.05, 4.69) is 15.0 Å². The molecule has 1 amide bonds. The number of carbonyl (C=O) groups is 2. The van der Waals surface area contributed by atoms with Crippen LogP contribution in [0.1, 0.15) is 16.1 Å². The van der Waals surface area contributed by atoms with E-state index in [9.17, 15) is 18.0 Å². The molecule has 4 rings (SSSR count). The number of nitrogens with one attached hydrogen (secondary N) is 3. The number of ketones is 1. The molecule has 3 N–H and O–H groups in total. The third kappa shape index (κ3) is 4.48. The highest BCUT2D eigenvalue weighted by atomic mass is 35.5. The van der Waals surface area contributed by atoms with Crippen LogP contribution in [0.15, 0.2) is 71.6 Å². The fraction of sp³-hybridized carbons (Fsp3) is 0.0833. The number of hydrogen-bond acceptors (Lipinski definition) is 5. The number of amides is 1. The third-order valence-electron chi connectivity index (χ3n) is 5.16. The number of sulfonamides is 1. The number of rotatable bonds is 7. The Balaban J connectivity index is 1.64. The molecule has 0 saturated heterocycles. The van der Waals surface area contributed by atoms with E-state index in [1.54, 1.807) is 37.3 Å². The number of hydrogen-bond donors (Lipinski definition) is 3. The summed E-state index contributed by atoms with van der Waals surface area (Å²) < 4.78 is 33.7. The van der Waals surface area contributed by atoms with Gasteiger partial charge in [-0.25, -0.2) is 8.42 Å². The summed E-state index contributed by atoms with van der Waals surface area (Å²) in [7, 11) is -2.81. The monoisotopic (exact) mass is 497 g/mol. The fourth-order valence-corrected chi connectivity index (χ4v) is 5.09. The Kier molecular flexibility index (Phi) is 6.32. The van der Waals surface area contributed by atoms with E-state index in [0.29, 0.717) is 11.1 Å². The fourth-order valence-electron chi connectivity index (χ4n) is 3.58. The van der Waals surface area contributed by atoms with Crippen molar-refractivity contribution in [1.29, 1.82) is 0 Å². The number of Topliss-reactive ketones (excluding diaryl/α,β-unsaturated/α-hetero) is 1. The number of fused-ring (bicyclic) bond motifs is 1. The molecule has 0 unspecified atom stereocenters. The molecular weight excluding hydrogens is 478 g/mol. The summed E-state index contributed by atoms with van der Waals surface area (Å²) in [5.74, 6) is -1.60. The minimum atomic E-state index is -4.14. The average molecular weight is 498 g/mol. The van der Waals surface area contributed by atoms with Crippen molar-refractivity contribution in [3.8, 4) is 5.75 Å². The lowest BCUT2D eigenvalue weighted by molar-refractivity contribution is -0.112. The molecule has 4 aromatic rings. The first-order valence-electron chi connectivity index (χ1n) is 10.1. The van der Waals surface area contributed by atoms with Crippen LogP contribution in [-0.2, 0) is 14.8 Å². The molecule has 1 heterocycles. The van der Waals surface area contributed by atoms with Crippen LogP contribution in [0, 0.1) is 6.92 Å². The van der Waals surface area contributed by atoms with Gasteiger partial charge in [-0.3, -0.25) is 14.3 Å². The van der Waals surface area contributed by atoms with Crippen LogP contribution in [0.5, 0.6) is 5.75 Å². The Hall–Kier alpha value is -3.82. The Morgan fingerprint density at radius 2 is 1.71 bits per heavy atom. The summed E-state index contributed by atoms with van der Waals surface area (Å²) in [6.45, 7) is 1.71. The lowest BCUT2D eigenvalue weighted by Gasteiger charge is -2.14. The van der Waals surface area contributed by atoms with Gasteiger partial charge in [0.25, 0.3) is 21.7 Å². The largest absolute Gasteiger partial charge is 0.495 e. The molecule has 0 atom stereocenters. The van der Waals surface area contributed by atoms with Gasteiger partial charge in [-0.1, -0.05) is 41.9 Å². The summed E-state index contributed by atoms with van der Waals surface area (Å²) in [5.41, 5.74) is 1.85. The molecule has 0 aliphatic heterocycles. The average Bonchev–Trinajstić information content (AvgIpc) is 3.15. The summed E-state index contributed by atoms with van der Waals surface area (Å²) in [4.78, 5) is 28.5. The van der Waals surface area contributed by atoms with Crippen molar-refractivity contribution in [2.24, 2.45) is 0 Å². The lowest BCUT2D eigenvalue weighted by atomic mass is 10.1. The zero-order chi connectivity index (χ0) is 24.5. The number of aromatic nitrogens is 1. The van der Waals surface area contributed by atoms with Gasteiger partial charge in [0.2, 0.25) is 0 Å². The first-order chi connectivity index (χ1) is 16.2. The summed E-state index contributed by atoms with van der Waals surface area (Å²) in [6.07, 6.45) is 0. The summed E-state index contributed by atoms with van der Waals surface area (Å²) in [5, 5.41) is 3.33. The molecule has 0 aliphatic rings. The van der Waals surface area contributed by atoms with Crippen LogP contribution in [0.3, 0.4) is 0 Å². The number of methoxy groups -OCH3 is 1. The topological polar surface area (TPSA) is 117 Å². The number of H-pyrrole nitrogens is 1. The first-order valence-corrected chi connectivity index (χ1v) is 12.0. The molecule has 0 spiro atoms. The molecule has 0 aliphatic carbocycles. The smallest absolute Gasteiger partial charge is 0.296 e. The Morgan fingerprint density at radius 3 is 2.44 bits per heavy atom. The first kappa shape index (κ1) is 23.3. The summed E-state index contributed by atoms with van der Waals surface area (Å²) in [6, 6.07) is 17.6. The van der Waals surface area contributed by atoms with Crippen molar-refractivity contribution in [2.75, 3.05) is 17.1 Å². The van der Waals surface area contributed by atoms with E-state index >= 15 is 0 Å². The van der Waals surface area contributed by atoms with Gasteiger partial charge in [-0.15, -0.1) is 0 Å². The second kappa shape index (κ2) is 9.20. The number of anilines is 2. The zero-order valence-electron chi connectivity index (χ0n) is 18.2. The van der Waals surface area contributed by atoms with E-state index in [4.69, 9.17) is 16.3 Å². The number of halogens is 1. The number of ether oxygens (including phenoxy) is 1. The molecule has 34 heavy (non-hydrogen) atoms. The normalized spacial score (nSPS) is 11.3. The van der Waals surface area contributed by atoms with Crippen molar-refractivity contribution < 1.29 is 22.7 Å². The van der Waals surface area contributed by atoms with E-state index < -0.39 is 21.7 Å². The van der Waals surface area contributed by atoms with Crippen molar-refractivity contribution >= 4 is 55.6 Å². The molecule has 0 fully saturated rings. The molecule has 1 aromatic heterocycles. The second-order valence-corrected chi connectivity index (χ2v) is 9.46. The lowest BCUT2D eigenvalue weighted by Crippen LogP contribution is -2.23. The maximum Gasteiger partial charge on any atom is 0.296 e. The van der Waals surface area contributed by atoms with Crippen molar-refractivity contribution in [2.45, 2.75) is 11.8 Å². The number of benzene rings is 3. The zero-order valence-corrected chi connectivity index (χ0v) is 19.8. The molecule has 10 heteroatoms. The maximum absolute atomic E-state index is 13.0. The highest BCUT2D eigenvalue weighted by molar-refractivity contribution is 7.92. The van der Waals surface area contributed by atoms with E-state index in [0.717, 1.165) is 5.52 Å². The van der Waals surface area contributed by atoms with Gasteiger partial charge < -0.3 is 15.0 Å². The number of aryl methyl sites for hydroxylation is 1. The quantitative estimate of drug-likeness (QED) is 0.251. The molecule has 8 nitrogen and oxygen atoms in total. The highest BCUT2D eigenvalue weighted by Crippen LogP contribution is 2.31. The minimum Gasteiger partial charge on any atom is -0.495 e. The van der Waals surface area contributed by atoms with Gasteiger partial charge in [0.15, 0.2) is 0 Å². The maximum atomic E-state index is 13.0. The number of carbonyl (C=O) groups excluding carboxylic acids is 2. The molecule has 0 radical (unpaired) electrons. The van der Waals surface area contributed by atoms with Gasteiger partial charge in [-0.2, -0.15) is 0 Å². The van der Waals surface area contributed by atoms with E-state index in [1.807, 2.05) is 12.1 Å². The van der Waals surface area contributed by atoms with Gasteiger partial charge in [-0.05, 0) is 43.3 Å². The molecule has 0 saturated carbocycles. The SMILES string of the molecule is COc1ccc(NC(=O)C(=O)c2c(C)[nH]c3ccccc23)cc1S(=O)(=O)Nc1ccccc1Cl. The van der Waals surface area contributed by atoms with Crippen LogP contribution in [0.2, 0.25) is 5.02 Å². The highest BCUT2D eigenvalue weighted by Gasteiger charge is 2.25. The van der Waals surface area contributed by atoms with Gasteiger partial charge in [0, 0.05) is 22.3 Å².